The van der Waals surface area contributed by atoms with E-state index < -0.39 is 10.0 Å². The Labute approximate surface area is 134 Å². The molecule has 23 heavy (non-hydrogen) atoms. The summed E-state index contributed by atoms with van der Waals surface area (Å²) in [6.45, 7) is 1.87. The van der Waals surface area contributed by atoms with E-state index in [1.54, 1.807) is 6.20 Å². The molecule has 0 unspecified atom stereocenters. The van der Waals surface area contributed by atoms with E-state index in [2.05, 4.69) is 24.2 Å². The minimum Gasteiger partial charge on any atom is -0.346 e. The van der Waals surface area contributed by atoms with Crippen molar-refractivity contribution in [2.75, 3.05) is 5.75 Å². The van der Waals surface area contributed by atoms with Crippen LogP contribution in [-0.4, -0.2) is 39.7 Å². The van der Waals surface area contributed by atoms with Gasteiger partial charge in [0, 0.05) is 23.7 Å². The Balaban J connectivity index is 1.57. The molecular formula is C15H19N5O2S. The number of rotatable bonds is 5. The number of hydrogen-bond acceptors (Lipinski definition) is 4. The van der Waals surface area contributed by atoms with Crippen molar-refractivity contribution >= 4 is 32.1 Å². The molecule has 0 amide bonds. The normalized spacial score (nSPS) is 21.8. The van der Waals surface area contributed by atoms with Gasteiger partial charge in [0.25, 0.3) is 0 Å². The first kappa shape index (κ1) is 14.6. The number of fused-ring (bicyclic) bond motifs is 3. The highest BCUT2D eigenvalue weighted by atomic mass is 32.2. The summed E-state index contributed by atoms with van der Waals surface area (Å²) >= 11 is 0. The van der Waals surface area contributed by atoms with Crippen molar-refractivity contribution in [2.45, 2.75) is 38.3 Å². The van der Waals surface area contributed by atoms with Crippen LogP contribution in [0.2, 0.25) is 0 Å². The molecule has 7 nitrogen and oxygen atoms in total. The highest BCUT2D eigenvalue weighted by molar-refractivity contribution is 7.89. The zero-order valence-electron chi connectivity index (χ0n) is 12.9. The first-order valence-corrected chi connectivity index (χ1v) is 9.51. The highest BCUT2D eigenvalue weighted by Gasteiger charge is 2.34. The molecular weight excluding hydrogens is 314 g/mol. The van der Waals surface area contributed by atoms with Crippen LogP contribution in [0.5, 0.6) is 0 Å². The SMILES string of the molecule is CCCS(=O)(=O)N[C@H]1C[C@H](n2cnc3cnc4[nH]ccc4c32)C1. The molecule has 0 spiro atoms. The van der Waals surface area contributed by atoms with Gasteiger partial charge in [0.15, 0.2) is 0 Å². The fraction of sp³-hybridized carbons (Fsp3) is 0.467. The lowest BCUT2D eigenvalue weighted by Crippen LogP contribution is -2.45. The van der Waals surface area contributed by atoms with Gasteiger partial charge in [-0.15, -0.1) is 0 Å². The molecule has 1 fully saturated rings. The van der Waals surface area contributed by atoms with Crippen molar-refractivity contribution in [3.63, 3.8) is 0 Å². The summed E-state index contributed by atoms with van der Waals surface area (Å²) in [5.74, 6) is 0.192. The third-order valence-corrected chi connectivity index (χ3v) is 6.08. The zero-order valence-corrected chi connectivity index (χ0v) is 13.7. The lowest BCUT2D eigenvalue weighted by molar-refractivity contribution is 0.255. The summed E-state index contributed by atoms with van der Waals surface area (Å²) in [6.07, 6.45) is 7.70. The average molecular weight is 333 g/mol. The van der Waals surface area contributed by atoms with Crippen molar-refractivity contribution in [2.24, 2.45) is 0 Å². The summed E-state index contributed by atoms with van der Waals surface area (Å²) in [6, 6.07) is 2.30. The maximum Gasteiger partial charge on any atom is 0.211 e. The monoisotopic (exact) mass is 333 g/mol. The van der Waals surface area contributed by atoms with Crippen LogP contribution in [0.25, 0.3) is 22.1 Å². The Morgan fingerprint density at radius 1 is 1.39 bits per heavy atom. The second-order valence-electron chi connectivity index (χ2n) is 6.14. The standard InChI is InChI=1S/C15H19N5O2S/c1-2-5-23(21,22)19-10-6-11(7-10)20-9-18-13-8-17-15-12(14(13)20)3-4-16-15/h3-4,8-11,19H,2,5-7H2,1H3,(H,16,17)/t10-,11-. The van der Waals surface area contributed by atoms with Gasteiger partial charge in [-0.1, -0.05) is 6.92 Å². The van der Waals surface area contributed by atoms with Crippen LogP contribution >= 0.6 is 0 Å². The van der Waals surface area contributed by atoms with E-state index in [9.17, 15) is 8.42 Å². The van der Waals surface area contributed by atoms with Crippen molar-refractivity contribution in [3.05, 3.63) is 24.8 Å². The molecule has 2 N–H and O–H groups in total. The van der Waals surface area contributed by atoms with Crippen molar-refractivity contribution in [3.8, 4) is 0 Å². The van der Waals surface area contributed by atoms with Gasteiger partial charge in [0.1, 0.15) is 11.2 Å². The van der Waals surface area contributed by atoms with E-state index in [0.717, 1.165) is 34.9 Å². The van der Waals surface area contributed by atoms with Gasteiger partial charge < -0.3 is 9.55 Å². The lowest BCUT2D eigenvalue weighted by Gasteiger charge is -2.36. The minimum atomic E-state index is -3.14. The molecule has 0 radical (unpaired) electrons. The second-order valence-corrected chi connectivity index (χ2v) is 8.02. The van der Waals surface area contributed by atoms with Crippen LogP contribution in [0.4, 0.5) is 0 Å². The number of sulfonamides is 1. The molecule has 0 aliphatic heterocycles. The molecule has 3 aromatic heterocycles. The smallest absolute Gasteiger partial charge is 0.211 e. The van der Waals surface area contributed by atoms with Crippen molar-refractivity contribution < 1.29 is 8.42 Å². The topological polar surface area (TPSA) is 92.7 Å². The molecule has 0 saturated heterocycles. The fourth-order valence-electron chi connectivity index (χ4n) is 3.30. The van der Waals surface area contributed by atoms with Crippen LogP contribution in [0, 0.1) is 0 Å². The summed E-state index contributed by atoms with van der Waals surface area (Å²) in [5, 5.41) is 1.05. The Morgan fingerprint density at radius 2 is 2.22 bits per heavy atom. The van der Waals surface area contributed by atoms with Gasteiger partial charge in [0.05, 0.1) is 23.8 Å². The van der Waals surface area contributed by atoms with E-state index >= 15 is 0 Å². The molecule has 0 aromatic carbocycles. The molecule has 8 heteroatoms. The Bertz CT molecular complexity index is 953. The average Bonchev–Trinajstić information content (AvgIpc) is 3.08. The predicted molar refractivity (Wildman–Crippen MR) is 88.7 cm³/mol. The predicted octanol–water partition coefficient (Wildman–Crippen LogP) is 1.95. The first-order chi connectivity index (χ1) is 11.1. The maximum absolute atomic E-state index is 11.8. The summed E-state index contributed by atoms with van der Waals surface area (Å²) in [4.78, 5) is 11.9. The highest BCUT2D eigenvalue weighted by Crippen LogP contribution is 2.36. The Kier molecular flexibility index (Phi) is 3.38. The largest absolute Gasteiger partial charge is 0.346 e. The van der Waals surface area contributed by atoms with Gasteiger partial charge in [-0.2, -0.15) is 0 Å². The summed E-state index contributed by atoms with van der Waals surface area (Å²) < 4.78 is 28.6. The molecule has 4 rings (SSSR count). The zero-order chi connectivity index (χ0) is 16.0. The first-order valence-electron chi connectivity index (χ1n) is 7.86. The van der Waals surface area contributed by atoms with Gasteiger partial charge in [-0.3, -0.25) is 0 Å². The molecule has 1 aliphatic rings. The quantitative estimate of drug-likeness (QED) is 0.746. The van der Waals surface area contributed by atoms with Gasteiger partial charge in [-0.05, 0) is 25.3 Å². The number of pyridine rings is 1. The molecule has 1 saturated carbocycles. The van der Waals surface area contributed by atoms with Crippen molar-refractivity contribution in [1.29, 1.82) is 0 Å². The molecule has 0 atom stereocenters. The molecule has 3 aromatic rings. The number of H-pyrrole nitrogens is 1. The minimum absolute atomic E-state index is 0.0255. The number of nitrogens with one attached hydrogen (secondary N) is 2. The Hall–Kier alpha value is -1.93. The third-order valence-electron chi connectivity index (χ3n) is 4.44. The lowest BCUT2D eigenvalue weighted by atomic mass is 9.87. The van der Waals surface area contributed by atoms with E-state index in [0.29, 0.717) is 6.42 Å². The summed E-state index contributed by atoms with van der Waals surface area (Å²) in [5.41, 5.74) is 2.78. The van der Waals surface area contributed by atoms with Crippen molar-refractivity contribution in [1.82, 2.24) is 24.2 Å². The molecule has 0 bridgehead atoms. The van der Waals surface area contributed by atoms with Crippen LogP contribution in [0.15, 0.2) is 24.8 Å². The third kappa shape index (κ3) is 2.51. The molecule has 1 aliphatic carbocycles. The number of imidazole rings is 1. The van der Waals surface area contributed by atoms with Gasteiger partial charge >= 0.3 is 0 Å². The second kappa shape index (κ2) is 5.31. The van der Waals surface area contributed by atoms with Gasteiger partial charge in [-0.25, -0.2) is 23.1 Å². The number of hydrogen-bond donors (Lipinski definition) is 2. The van der Waals surface area contributed by atoms with E-state index in [-0.39, 0.29) is 17.8 Å². The van der Waals surface area contributed by atoms with Crippen LogP contribution in [-0.2, 0) is 10.0 Å². The molecule has 122 valence electrons. The van der Waals surface area contributed by atoms with Crippen LogP contribution in [0.3, 0.4) is 0 Å². The number of nitrogens with zero attached hydrogens (tertiary/aromatic N) is 3. The van der Waals surface area contributed by atoms with Gasteiger partial charge in [0.2, 0.25) is 10.0 Å². The fourth-order valence-corrected chi connectivity index (χ4v) is 4.66. The van der Waals surface area contributed by atoms with Crippen LogP contribution < -0.4 is 4.72 Å². The van der Waals surface area contributed by atoms with E-state index in [4.69, 9.17) is 0 Å². The number of aromatic nitrogens is 4. The van der Waals surface area contributed by atoms with E-state index in [1.165, 1.54) is 0 Å². The summed E-state index contributed by atoms with van der Waals surface area (Å²) in [7, 11) is -3.14. The number of aromatic amines is 1. The van der Waals surface area contributed by atoms with Crippen LogP contribution in [0.1, 0.15) is 32.2 Å². The maximum atomic E-state index is 11.8. The van der Waals surface area contributed by atoms with E-state index in [1.807, 2.05) is 25.5 Å². The Morgan fingerprint density at radius 3 is 3.00 bits per heavy atom. The molecule has 3 heterocycles.